The molecule has 0 radical (unpaired) electrons. The van der Waals surface area contributed by atoms with Crippen LogP contribution >= 0.6 is 0 Å². The third-order valence-corrected chi connectivity index (χ3v) is 7.07. The van der Waals surface area contributed by atoms with Gasteiger partial charge in [0.05, 0.1) is 11.7 Å². The Balaban J connectivity index is 1.27. The fourth-order valence-electron chi connectivity index (χ4n) is 5.43. The fraction of sp³-hybridized carbons (Fsp3) is 0.762. The molecule has 0 aromatic carbocycles. The minimum Gasteiger partial charge on any atom is -0.336 e. The smallest absolute Gasteiger partial charge is 0.241 e. The van der Waals surface area contributed by atoms with Crippen LogP contribution in [0.4, 0.5) is 0 Å². The molecule has 1 aromatic heterocycles. The molecule has 7 heteroatoms. The van der Waals surface area contributed by atoms with Crippen molar-refractivity contribution in [1.29, 1.82) is 0 Å². The number of amides is 1. The van der Waals surface area contributed by atoms with Gasteiger partial charge >= 0.3 is 0 Å². The summed E-state index contributed by atoms with van der Waals surface area (Å²) >= 11 is 0. The van der Waals surface area contributed by atoms with Crippen molar-refractivity contribution < 1.29 is 4.79 Å². The van der Waals surface area contributed by atoms with E-state index < -0.39 is 0 Å². The van der Waals surface area contributed by atoms with E-state index in [9.17, 15) is 4.79 Å². The highest BCUT2D eigenvalue weighted by Crippen LogP contribution is 2.30. The normalized spacial score (nSPS) is 33.1. The SMILES string of the molecule is O=C(C1NNC2CCCCCCC21)N1CCc2nc(C3CCCN3)ncc2C1. The first-order valence-electron chi connectivity index (χ1n) is 11.2. The first-order chi connectivity index (χ1) is 13.8. The summed E-state index contributed by atoms with van der Waals surface area (Å²) < 4.78 is 0. The minimum absolute atomic E-state index is 0.0902. The number of hydrazine groups is 1. The van der Waals surface area contributed by atoms with E-state index in [1.165, 1.54) is 38.5 Å². The molecule has 1 saturated carbocycles. The highest BCUT2D eigenvalue weighted by atomic mass is 16.2. The maximum Gasteiger partial charge on any atom is 0.241 e. The van der Waals surface area contributed by atoms with Gasteiger partial charge in [0.1, 0.15) is 11.9 Å². The fourth-order valence-corrected chi connectivity index (χ4v) is 5.43. The zero-order valence-corrected chi connectivity index (χ0v) is 16.6. The van der Waals surface area contributed by atoms with Crippen LogP contribution in [0.15, 0.2) is 6.20 Å². The van der Waals surface area contributed by atoms with Gasteiger partial charge in [-0.15, -0.1) is 0 Å². The van der Waals surface area contributed by atoms with E-state index in [4.69, 9.17) is 4.98 Å². The van der Waals surface area contributed by atoms with Crippen molar-refractivity contribution in [2.45, 2.75) is 82.5 Å². The summed E-state index contributed by atoms with van der Waals surface area (Å²) in [5.74, 6) is 1.59. The summed E-state index contributed by atoms with van der Waals surface area (Å²) in [6, 6.07) is 0.652. The van der Waals surface area contributed by atoms with Crippen molar-refractivity contribution in [2.24, 2.45) is 5.92 Å². The van der Waals surface area contributed by atoms with Gasteiger partial charge in [-0.1, -0.05) is 25.7 Å². The number of rotatable bonds is 2. The van der Waals surface area contributed by atoms with Gasteiger partial charge in [0.2, 0.25) is 5.91 Å². The number of nitrogens with one attached hydrogen (secondary N) is 3. The van der Waals surface area contributed by atoms with Crippen LogP contribution in [0.2, 0.25) is 0 Å². The molecule has 4 atom stereocenters. The summed E-state index contributed by atoms with van der Waals surface area (Å²) in [7, 11) is 0. The van der Waals surface area contributed by atoms with Crippen LogP contribution in [-0.4, -0.2) is 45.9 Å². The van der Waals surface area contributed by atoms with Crippen LogP contribution in [0.25, 0.3) is 0 Å². The monoisotopic (exact) mass is 384 g/mol. The minimum atomic E-state index is -0.0902. The molecule has 3 aliphatic heterocycles. The molecule has 28 heavy (non-hydrogen) atoms. The predicted molar refractivity (Wildman–Crippen MR) is 106 cm³/mol. The molecule has 1 amide bonds. The van der Waals surface area contributed by atoms with Gasteiger partial charge in [0.15, 0.2) is 0 Å². The Hall–Kier alpha value is -1.57. The first kappa shape index (κ1) is 18.5. The number of nitrogens with zero attached hydrogens (tertiary/aromatic N) is 3. The Bertz CT molecular complexity index is 719. The molecule has 0 bridgehead atoms. The van der Waals surface area contributed by atoms with Crippen LogP contribution in [0.1, 0.15) is 74.5 Å². The van der Waals surface area contributed by atoms with Crippen LogP contribution in [-0.2, 0) is 17.8 Å². The Morgan fingerprint density at radius 3 is 2.82 bits per heavy atom. The summed E-state index contributed by atoms with van der Waals surface area (Å²) in [4.78, 5) is 24.8. The number of carbonyl (C=O) groups is 1. The number of hydrogen-bond acceptors (Lipinski definition) is 6. The standard InChI is InChI=1S/C21H32N6O/c28-21(19-15-6-3-1-2-4-7-17(15)25-26-19)27-11-9-16-14(13-27)12-23-20(24-16)18-8-5-10-22-18/h12,15,17-19,22,25-26H,1-11,13H2. The molecule has 1 aromatic rings. The molecule has 5 rings (SSSR count). The van der Waals surface area contributed by atoms with E-state index in [2.05, 4.69) is 21.2 Å². The summed E-state index contributed by atoms with van der Waals surface area (Å²) in [6.07, 6.45) is 12.5. The van der Waals surface area contributed by atoms with E-state index in [0.29, 0.717) is 24.5 Å². The lowest BCUT2D eigenvalue weighted by Gasteiger charge is -2.32. The zero-order chi connectivity index (χ0) is 18.9. The predicted octanol–water partition coefficient (Wildman–Crippen LogP) is 1.60. The second-order valence-corrected chi connectivity index (χ2v) is 8.89. The Kier molecular flexibility index (Phi) is 5.30. The van der Waals surface area contributed by atoms with E-state index in [1.807, 2.05) is 11.1 Å². The Morgan fingerprint density at radius 1 is 1.07 bits per heavy atom. The zero-order valence-electron chi connectivity index (χ0n) is 16.6. The molecule has 0 spiro atoms. The molecular formula is C21H32N6O. The molecule has 152 valence electrons. The van der Waals surface area contributed by atoms with Crippen molar-refractivity contribution in [2.75, 3.05) is 13.1 Å². The van der Waals surface area contributed by atoms with Gasteiger partial charge in [-0.2, -0.15) is 0 Å². The molecule has 3 N–H and O–H groups in total. The third kappa shape index (κ3) is 3.55. The second-order valence-electron chi connectivity index (χ2n) is 8.89. The lowest BCUT2D eigenvalue weighted by Crippen LogP contribution is -2.49. The van der Waals surface area contributed by atoms with Crippen molar-refractivity contribution in [3.05, 3.63) is 23.3 Å². The van der Waals surface area contributed by atoms with Crippen LogP contribution in [0.3, 0.4) is 0 Å². The first-order valence-corrected chi connectivity index (χ1v) is 11.2. The number of carbonyl (C=O) groups excluding carboxylic acids is 1. The maximum absolute atomic E-state index is 13.3. The quantitative estimate of drug-likeness (QED) is 0.719. The molecule has 4 heterocycles. The molecular weight excluding hydrogens is 352 g/mol. The lowest BCUT2D eigenvalue weighted by atomic mass is 9.83. The van der Waals surface area contributed by atoms with Crippen LogP contribution < -0.4 is 16.2 Å². The van der Waals surface area contributed by atoms with Gasteiger partial charge in [0, 0.05) is 43.2 Å². The molecule has 4 unspecified atom stereocenters. The van der Waals surface area contributed by atoms with Crippen LogP contribution in [0.5, 0.6) is 0 Å². The van der Waals surface area contributed by atoms with E-state index in [1.54, 1.807) is 0 Å². The van der Waals surface area contributed by atoms with Crippen molar-refractivity contribution in [3.8, 4) is 0 Å². The number of fused-ring (bicyclic) bond motifs is 2. The highest BCUT2D eigenvalue weighted by molar-refractivity contribution is 5.83. The molecule has 4 aliphatic rings. The van der Waals surface area contributed by atoms with Crippen LogP contribution in [0, 0.1) is 5.92 Å². The molecule has 7 nitrogen and oxygen atoms in total. The van der Waals surface area contributed by atoms with Crippen molar-refractivity contribution in [1.82, 2.24) is 31.0 Å². The van der Waals surface area contributed by atoms with E-state index >= 15 is 0 Å². The average Bonchev–Trinajstić information content (AvgIpc) is 3.37. The molecule has 2 saturated heterocycles. The van der Waals surface area contributed by atoms with Gasteiger partial charge < -0.3 is 10.2 Å². The maximum atomic E-state index is 13.3. The number of hydrogen-bond donors (Lipinski definition) is 3. The largest absolute Gasteiger partial charge is 0.336 e. The van der Waals surface area contributed by atoms with Gasteiger partial charge in [-0.25, -0.2) is 15.4 Å². The van der Waals surface area contributed by atoms with E-state index in [-0.39, 0.29) is 11.9 Å². The highest BCUT2D eigenvalue weighted by Gasteiger charge is 2.42. The third-order valence-electron chi connectivity index (χ3n) is 7.07. The average molecular weight is 385 g/mol. The van der Waals surface area contributed by atoms with Crippen molar-refractivity contribution in [3.63, 3.8) is 0 Å². The summed E-state index contributed by atoms with van der Waals surface area (Å²) in [5.41, 5.74) is 9.01. The van der Waals surface area contributed by atoms with Crippen molar-refractivity contribution >= 4 is 5.91 Å². The van der Waals surface area contributed by atoms with Gasteiger partial charge in [-0.05, 0) is 32.2 Å². The van der Waals surface area contributed by atoms with Gasteiger partial charge in [-0.3, -0.25) is 10.2 Å². The molecule has 1 aliphatic carbocycles. The summed E-state index contributed by atoms with van der Waals surface area (Å²) in [6.45, 7) is 2.45. The molecule has 3 fully saturated rings. The second kappa shape index (κ2) is 8.05. The van der Waals surface area contributed by atoms with Gasteiger partial charge in [0.25, 0.3) is 0 Å². The topological polar surface area (TPSA) is 82.2 Å². The summed E-state index contributed by atoms with van der Waals surface area (Å²) in [5, 5.41) is 3.47. The lowest BCUT2D eigenvalue weighted by molar-refractivity contribution is -0.135. The Morgan fingerprint density at radius 2 is 1.96 bits per heavy atom. The Labute approximate surface area is 167 Å². The van der Waals surface area contributed by atoms with E-state index in [0.717, 1.165) is 49.4 Å². The number of aromatic nitrogens is 2.